The second-order valence-corrected chi connectivity index (χ2v) is 20.6. The molecule has 7 aliphatic rings. The van der Waals surface area contributed by atoms with Crippen LogP contribution < -0.4 is 4.90 Å². The van der Waals surface area contributed by atoms with Crippen molar-refractivity contribution in [3.05, 3.63) is 185 Å². The molecule has 0 saturated heterocycles. The summed E-state index contributed by atoms with van der Waals surface area (Å²) >= 11 is 0. The highest BCUT2D eigenvalue weighted by Gasteiger charge is 2.61. The highest BCUT2D eigenvalue weighted by molar-refractivity contribution is 5.96. The lowest BCUT2D eigenvalue weighted by molar-refractivity contribution is -0.0399. The van der Waals surface area contributed by atoms with E-state index in [1.54, 1.807) is 11.1 Å². The van der Waals surface area contributed by atoms with Gasteiger partial charge in [-0.25, -0.2) is 0 Å². The molecular weight excluding hydrogens is 723 g/mol. The fourth-order valence-electron chi connectivity index (χ4n) is 14.6. The van der Waals surface area contributed by atoms with E-state index in [-0.39, 0.29) is 16.2 Å². The lowest BCUT2D eigenvalue weighted by Gasteiger charge is -2.61. The summed E-state index contributed by atoms with van der Waals surface area (Å²) in [4.78, 5) is 2.58. The van der Waals surface area contributed by atoms with E-state index in [9.17, 15) is 0 Å². The number of anilines is 3. The van der Waals surface area contributed by atoms with Crippen LogP contribution in [0.3, 0.4) is 0 Å². The van der Waals surface area contributed by atoms with Crippen molar-refractivity contribution in [2.45, 2.75) is 83.0 Å². The Kier molecular flexibility index (Phi) is 7.03. The maximum atomic E-state index is 2.66. The number of benzene rings is 7. The van der Waals surface area contributed by atoms with Gasteiger partial charge in [-0.3, -0.25) is 0 Å². The quantitative estimate of drug-likeness (QED) is 0.172. The first kappa shape index (κ1) is 35.1. The van der Waals surface area contributed by atoms with Gasteiger partial charge in [-0.15, -0.1) is 0 Å². The molecule has 7 aliphatic carbocycles. The number of rotatable bonds is 4. The van der Waals surface area contributed by atoms with Gasteiger partial charge in [-0.05, 0) is 177 Å². The van der Waals surface area contributed by atoms with E-state index in [0.717, 1.165) is 23.7 Å². The van der Waals surface area contributed by atoms with Crippen LogP contribution in [0.15, 0.2) is 146 Å². The van der Waals surface area contributed by atoms with Crippen LogP contribution in [0.5, 0.6) is 0 Å². The Morgan fingerprint density at radius 1 is 0.417 bits per heavy atom. The molecule has 0 aromatic heterocycles. The highest BCUT2D eigenvalue weighted by atomic mass is 15.1. The normalized spacial score (nSPS) is 24.8. The van der Waals surface area contributed by atoms with Gasteiger partial charge < -0.3 is 4.90 Å². The number of hydrogen-bond acceptors (Lipinski definition) is 1. The van der Waals surface area contributed by atoms with Crippen molar-refractivity contribution in [2.75, 3.05) is 4.90 Å². The van der Waals surface area contributed by atoms with E-state index in [1.165, 1.54) is 121 Å². The van der Waals surface area contributed by atoms with E-state index in [2.05, 4.69) is 185 Å². The fraction of sp³-hybridized carbons (Fsp3) is 0.288. The van der Waals surface area contributed by atoms with Gasteiger partial charge in [0.2, 0.25) is 0 Å². The lowest BCUT2D eigenvalue weighted by atomic mass is 9.43. The molecule has 0 aliphatic heterocycles. The van der Waals surface area contributed by atoms with Gasteiger partial charge in [0.25, 0.3) is 0 Å². The van der Waals surface area contributed by atoms with E-state index >= 15 is 0 Å². The van der Waals surface area contributed by atoms with Crippen molar-refractivity contribution in [3.63, 3.8) is 0 Å². The third-order valence-corrected chi connectivity index (χ3v) is 17.0. The van der Waals surface area contributed by atoms with E-state index in [4.69, 9.17) is 0 Å². The predicted octanol–water partition coefficient (Wildman–Crippen LogP) is 15.5. The Balaban J connectivity index is 1.00. The summed E-state index contributed by atoms with van der Waals surface area (Å²) in [6.07, 6.45) is 7.08. The standard InChI is InChI=1S/C59H53N/c1-35-13-10-21-51-55(35)47-25-23-39(33-53(47)59(51)40-28-36-27-37(30-40)31-41(59)29-36)38-14-11-15-42(32-38)60(43-24-26-45-44-16-6-8-18-48(44)58(4,5)52(45)34-43)54-22-12-20-50-56(54)46-17-7-9-19-49(46)57(50,2)3/h6-26,32-34,36-37,40-41H,27-31H2,1-5H3. The second-order valence-electron chi connectivity index (χ2n) is 20.6. The molecule has 4 saturated carbocycles. The second kappa shape index (κ2) is 12.0. The van der Waals surface area contributed by atoms with Crippen molar-refractivity contribution in [3.8, 4) is 44.5 Å². The first-order valence-electron chi connectivity index (χ1n) is 22.8. The van der Waals surface area contributed by atoms with Crippen LogP contribution in [-0.4, -0.2) is 0 Å². The van der Waals surface area contributed by atoms with Crippen LogP contribution in [-0.2, 0) is 16.2 Å². The molecule has 1 nitrogen and oxygen atoms in total. The molecule has 60 heavy (non-hydrogen) atoms. The zero-order valence-electron chi connectivity index (χ0n) is 35.6. The van der Waals surface area contributed by atoms with Gasteiger partial charge in [0, 0.05) is 33.2 Å². The van der Waals surface area contributed by atoms with E-state index in [0.29, 0.717) is 0 Å². The van der Waals surface area contributed by atoms with Crippen LogP contribution in [0.2, 0.25) is 0 Å². The summed E-state index contributed by atoms with van der Waals surface area (Å²) in [6, 6.07) is 56.7. The average molecular weight is 776 g/mol. The van der Waals surface area contributed by atoms with Crippen molar-refractivity contribution >= 4 is 17.1 Å². The summed E-state index contributed by atoms with van der Waals surface area (Å²) in [5, 5.41) is 0. The van der Waals surface area contributed by atoms with Crippen molar-refractivity contribution in [1.29, 1.82) is 0 Å². The molecule has 0 atom stereocenters. The molecule has 1 spiro atoms. The largest absolute Gasteiger partial charge is 0.310 e. The summed E-state index contributed by atoms with van der Waals surface area (Å²) in [5.41, 5.74) is 25.0. The van der Waals surface area contributed by atoms with Crippen LogP contribution in [0.25, 0.3) is 44.5 Å². The van der Waals surface area contributed by atoms with Crippen LogP contribution >= 0.6 is 0 Å². The molecule has 7 aromatic rings. The van der Waals surface area contributed by atoms with E-state index in [1.807, 2.05) is 0 Å². The Labute approximate surface area is 356 Å². The van der Waals surface area contributed by atoms with Gasteiger partial charge in [-0.2, -0.15) is 0 Å². The summed E-state index contributed by atoms with van der Waals surface area (Å²) in [7, 11) is 0. The molecule has 0 N–H and O–H groups in total. The Morgan fingerprint density at radius 2 is 0.983 bits per heavy atom. The molecule has 1 heteroatoms. The average Bonchev–Trinajstić information content (AvgIpc) is 3.78. The van der Waals surface area contributed by atoms with Crippen molar-refractivity contribution in [2.24, 2.45) is 23.7 Å². The van der Waals surface area contributed by atoms with Gasteiger partial charge in [0.15, 0.2) is 0 Å². The minimum atomic E-state index is -0.100. The molecule has 294 valence electrons. The minimum Gasteiger partial charge on any atom is -0.310 e. The van der Waals surface area contributed by atoms with Crippen LogP contribution in [0, 0.1) is 30.6 Å². The molecule has 0 amide bonds. The molecule has 14 rings (SSSR count). The molecule has 4 bridgehead atoms. The van der Waals surface area contributed by atoms with Gasteiger partial charge in [0.1, 0.15) is 0 Å². The first-order valence-corrected chi connectivity index (χ1v) is 22.8. The zero-order valence-corrected chi connectivity index (χ0v) is 35.6. The zero-order chi connectivity index (χ0) is 40.3. The van der Waals surface area contributed by atoms with Gasteiger partial charge in [0.05, 0.1) is 5.69 Å². The van der Waals surface area contributed by atoms with Crippen LogP contribution in [0.4, 0.5) is 17.1 Å². The summed E-state index contributed by atoms with van der Waals surface area (Å²) in [5.74, 6) is 3.35. The third kappa shape index (κ3) is 4.44. The Hall–Kier alpha value is -5.66. The monoisotopic (exact) mass is 775 g/mol. The number of aryl methyl sites for hydroxylation is 1. The molecular formula is C59H53N. The number of hydrogen-bond donors (Lipinski definition) is 0. The maximum absolute atomic E-state index is 2.66. The lowest BCUT2D eigenvalue weighted by Crippen LogP contribution is -2.55. The number of fused-ring (bicyclic) bond motifs is 9. The smallest absolute Gasteiger partial charge is 0.0543 e. The van der Waals surface area contributed by atoms with Crippen molar-refractivity contribution < 1.29 is 0 Å². The Morgan fingerprint density at radius 3 is 1.77 bits per heavy atom. The SMILES string of the molecule is Cc1cccc2c1-c1ccc(-c3cccc(N(c4ccc5c(c4)C(C)(C)c4ccccc4-5)c4cccc5c4-c4ccccc4C5(C)C)c3)cc1C21C2CC3CC(C2)CC1C3. The first-order chi connectivity index (χ1) is 29.1. The minimum absolute atomic E-state index is 0.0920. The highest BCUT2D eigenvalue weighted by Crippen LogP contribution is 2.70. The summed E-state index contributed by atoms with van der Waals surface area (Å²) < 4.78 is 0. The molecule has 4 fully saturated rings. The van der Waals surface area contributed by atoms with Crippen molar-refractivity contribution in [1.82, 2.24) is 0 Å². The van der Waals surface area contributed by atoms with Crippen LogP contribution in [0.1, 0.15) is 98.7 Å². The fourth-order valence-corrected chi connectivity index (χ4v) is 14.6. The summed E-state index contributed by atoms with van der Waals surface area (Å²) in [6.45, 7) is 11.9. The topological polar surface area (TPSA) is 3.24 Å². The third-order valence-electron chi connectivity index (χ3n) is 17.0. The maximum Gasteiger partial charge on any atom is 0.0543 e. The predicted molar refractivity (Wildman–Crippen MR) is 250 cm³/mol. The molecule has 0 unspecified atom stereocenters. The van der Waals surface area contributed by atoms with Gasteiger partial charge >= 0.3 is 0 Å². The van der Waals surface area contributed by atoms with E-state index < -0.39 is 0 Å². The van der Waals surface area contributed by atoms with Gasteiger partial charge in [-0.1, -0.05) is 137 Å². The molecule has 0 heterocycles. The molecule has 0 radical (unpaired) electrons. The Bertz CT molecular complexity index is 2950. The number of nitrogens with zero attached hydrogens (tertiary/aromatic N) is 1. The molecule has 7 aromatic carbocycles.